The zero-order chi connectivity index (χ0) is 17.1. The maximum atomic E-state index is 12.1. The monoisotopic (exact) mass is 356 g/mol. The topological polar surface area (TPSA) is 59.8 Å². The lowest BCUT2D eigenvalue weighted by Gasteiger charge is -2.08. The minimum Gasteiger partial charge on any atom is -0.355 e. The molecule has 0 spiro atoms. The highest BCUT2D eigenvalue weighted by molar-refractivity contribution is 7.99. The standard InChI is InChI=1S/C19H24N4OS/c24-17(20-12-4-7-14-5-2-1-3-6-14)13-25-19-22-21-18(15-8-9-15)23(19)16-10-11-16/h1-3,5-6,15-16H,4,7-13H2,(H,20,24). The number of benzene rings is 1. The van der Waals surface area contributed by atoms with Gasteiger partial charge in [-0.3, -0.25) is 4.79 Å². The Morgan fingerprint density at radius 3 is 2.68 bits per heavy atom. The smallest absolute Gasteiger partial charge is 0.230 e. The van der Waals surface area contributed by atoms with Crippen LogP contribution in [-0.4, -0.2) is 33.0 Å². The maximum Gasteiger partial charge on any atom is 0.230 e. The van der Waals surface area contributed by atoms with Gasteiger partial charge in [-0.2, -0.15) is 0 Å². The summed E-state index contributed by atoms with van der Waals surface area (Å²) in [5.41, 5.74) is 1.32. The van der Waals surface area contributed by atoms with Crippen LogP contribution in [0.25, 0.3) is 0 Å². The molecule has 6 heteroatoms. The number of nitrogens with zero attached hydrogens (tertiary/aromatic N) is 3. The average Bonchev–Trinajstić information content (AvgIpc) is 3.56. The van der Waals surface area contributed by atoms with Gasteiger partial charge in [0.25, 0.3) is 0 Å². The second-order valence-corrected chi connectivity index (χ2v) is 7.89. The van der Waals surface area contributed by atoms with Gasteiger partial charge in [0.05, 0.1) is 5.75 Å². The van der Waals surface area contributed by atoms with Crippen molar-refractivity contribution in [2.45, 2.75) is 55.6 Å². The molecule has 2 aromatic rings. The minimum atomic E-state index is 0.0800. The molecule has 1 amide bonds. The minimum absolute atomic E-state index is 0.0800. The molecular weight excluding hydrogens is 332 g/mol. The fourth-order valence-corrected chi connectivity index (χ4v) is 3.87. The molecule has 2 fully saturated rings. The van der Waals surface area contributed by atoms with Crippen LogP contribution in [0.3, 0.4) is 0 Å². The molecule has 0 unspecified atom stereocenters. The van der Waals surface area contributed by atoms with E-state index in [1.165, 1.54) is 43.0 Å². The van der Waals surface area contributed by atoms with Crippen LogP contribution in [0.1, 0.15) is 55.5 Å². The van der Waals surface area contributed by atoms with Gasteiger partial charge in [-0.05, 0) is 44.1 Å². The lowest BCUT2D eigenvalue weighted by molar-refractivity contribution is -0.118. The number of aryl methyl sites for hydroxylation is 1. The number of hydrogen-bond donors (Lipinski definition) is 1. The second-order valence-electron chi connectivity index (χ2n) is 6.94. The number of nitrogens with one attached hydrogen (secondary N) is 1. The first-order chi connectivity index (χ1) is 12.3. The first-order valence-electron chi connectivity index (χ1n) is 9.19. The highest BCUT2D eigenvalue weighted by Gasteiger charge is 2.36. The molecule has 0 aliphatic heterocycles. The summed E-state index contributed by atoms with van der Waals surface area (Å²) >= 11 is 1.52. The van der Waals surface area contributed by atoms with Crippen LogP contribution in [0.2, 0.25) is 0 Å². The van der Waals surface area contributed by atoms with Gasteiger partial charge in [-0.15, -0.1) is 10.2 Å². The van der Waals surface area contributed by atoms with Crippen LogP contribution in [0.4, 0.5) is 0 Å². The largest absolute Gasteiger partial charge is 0.355 e. The van der Waals surface area contributed by atoms with Crippen molar-refractivity contribution in [2.24, 2.45) is 0 Å². The Labute approximate surface area is 152 Å². The maximum absolute atomic E-state index is 12.1. The molecule has 4 rings (SSSR count). The molecule has 0 bridgehead atoms. The molecule has 1 heterocycles. The lowest BCUT2D eigenvalue weighted by Crippen LogP contribution is -2.26. The molecule has 5 nitrogen and oxygen atoms in total. The molecule has 132 valence electrons. The molecule has 2 aliphatic carbocycles. The fourth-order valence-electron chi connectivity index (χ4n) is 3.03. The average molecular weight is 356 g/mol. The van der Waals surface area contributed by atoms with Crippen molar-refractivity contribution in [1.82, 2.24) is 20.1 Å². The van der Waals surface area contributed by atoms with E-state index in [0.29, 0.717) is 17.7 Å². The van der Waals surface area contributed by atoms with E-state index in [-0.39, 0.29) is 5.91 Å². The second kappa shape index (κ2) is 7.60. The third-order valence-electron chi connectivity index (χ3n) is 4.69. The van der Waals surface area contributed by atoms with Gasteiger partial charge in [0.2, 0.25) is 5.91 Å². The Kier molecular flexibility index (Phi) is 5.06. The first kappa shape index (κ1) is 16.6. The molecule has 0 saturated heterocycles. The summed E-state index contributed by atoms with van der Waals surface area (Å²) in [6.45, 7) is 0.719. The molecule has 0 atom stereocenters. The summed E-state index contributed by atoms with van der Waals surface area (Å²) in [7, 11) is 0. The number of carbonyl (C=O) groups is 1. The number of amides is 1. The summed E-state index contributed by atoms with van der Waals surface area (Å²) < 4.78 is 2.30. The molecule has 1 aromatic heterocycles. The van der Waals surface area contributed by atoms with E-state index < -0.39 is 0 Å². The Morgan fingerprint density at radius 1 is 1.16 bits per heavy atom. The van der Waals surface area contributed by atoms with Crippen molar-refractivity contribution >= 4 is 17.7 Å². The van der Waals surface area contributed by atoms with Crippen LogP contribution in [0.5, 0.6) is 0 Å². The fraction of sp³-hybridized carbons (Fsp3) is 0.526. The van der Waals surface area contributed by atoms with Crippen molar-refractivity contribution < 1.29 is 4.79 Å². The van der Waals surface area contributed by atoms with E-state index in [4.69, 9.17) is 0 Å². The number of thioether (sulfide) groups is 1. The van der Waals surface area contributed by atoms with Gasteiger partial charge in [0.1, 0.15) is 5.82 Å². The van der Waals surface area contributed by atoms with Crippen molar-refractivity contribution in [1.29, 1.82) is 0 Å². The quantitative estimate of drug-likeness (QED) is 0.553. The van der Waals surface area contributed by atoms with Gasteiger partial charge in [-0.1, -0.05) is 42.1 Å². The van der Waals surface area contributed by atoms with Gasteiger partial charge in [0, 0.05) is 18.5 Å². The van der Waals surface area contributed by atoms with Crippen LogP contribution in [0.15, 0.2) is 35.5 Å². The Hall–Kier alpha value is -1.82. The SMILES string of the molecule is O=C(CSc1nnc(C2CC2)n1C1CC1)NCCCc1ccccc1. The molecule has 2 saturated carbocycles. The number of rotatable bonds is 9. The summed E-state index contributed by atoms with van der Waals surface area (Å²) in [4.78, 5) is 12.1. The number of carbonyl (C=O) groups excluding carboxylic acids is 1. The summed E-state index contributed by atoms with van der Waals surface area (Å²) in [5.74, 6) is 2.25. The summed E-state index contributed by atoms with van der Waals surface area (Å²) in [6.07, 6.45) is 6.86. The van der Waals surface area contributed by atoms with Gasteiger partial charge < -0.3 is 9.88 Å². The third-order valence-corrected chi connectivity index (χ3v) is 5.63. The first-order valence-corrected chi connectivity index (χ1v) is 10.2. The molecule has 1 N–H and O–H groups in total. The van der Waals surface area contributed by atoms with Crippen molar-refractivity contribution in [3.8, 4) is 0 Å². The summed E-state index contributed by atoms with van der Waals surface area (Å²) in [6, 6.07) is 11.0. The lowest BCUT2D eigenvalue weighted by atomic mass is 10.1. The molecule has 2 aliphatic rings. The highest BCUT2D eigenvalue weighted by Crippen LogP contribution is 2.45. The van der Waals surface area contributed by atoms with Gasteiger partial charge in [0.15, 0.2) is 5.16 Å². The number of aromatic nitrogens is 3. The zero-order valence-corrected chi connectivity index (χ0v) is 15.2. The van der Waals surface area contributed by atoms with E-state index in [9.17, 15) is 4.79 Å². The zero-order valence-electron chi connectivity index (χ0n) is 14.4. The van der Waals surface area contributed by atoms with Crippen molar-refractivity contribution in [2.75, 3.05) is 12.3 Å². The summed E-state index contributed by atoms with van der Waals surface area (Å²) in [5, 5.41) is 12.7. The predicted molar refractivity (Wildman–Crippen MR) is 98.8 cm³/mol. The van der Waals surface area contributed by atoms with Crippen LogP contribution >= 0.6 is 11.8 Å². The number of hydrogen-bond acceptors (Lipinski definition) is 4. The van der Waals surface area contributed by atoms with E-state index in [2.05, 4.69) is 44.3 Å². The highest BCUT2D eigenvalue weighted by atomic mass is 32.2. The molecular formula is C19H24N4OS. The third kappa shape index (κ3) is 4.42. The molecule has 25 heavy (non-hydrogen) atoms. The molecule has 1 aromatic carbocycles. The Balaban J connectivity index is 1.21. The predicted octanol–water partition coefficient (Wildman–Crippen LogP) is 3.33. The van der Waals surface area contributed by atoms with Crippen LogP contribution < -0.4 is 5.32 Å². The van der Waals surface area contributed by atoms with E-state index >= 15 is 0 Å². The van der Waals surface area contributed by atoms with E-state index in [1.807, 2.05) is 6.07 Å². The van der Waals surface area contributed by atoms with Gasteiger partial charge >= 0.3 is 0 Å². The Morgan fingerprint density at radius 2 is 1.96 bits per heavy atom. The van der Waals surface area contributed by atoms with Crippen LogP contribution in [-0.2, 0) is 11.2 Å². The van der Waals surface area contributed by atoms with Gasteiger partial charge in [-0.25, -0.2) is 0 Å². The molecule has 0 radical (unpaired) electrons. The van der Waals surface area contributed by atoms with E-state index in [1.54, 1.807) is 0 Å². The Bertz CT molecular complexity index is 722. The van der Waals surface area contributed by atoms with Crippen LogP contribution in [0, 0.1) is 0 Å². The van der Waals surface area contributed by atoms with Crippen molar-refractivity contribution in [3.05, 3.63) is 41.7 Å². The van der Waals surface area contributed by atoms with Crippen molar-refractivity contribution in [3.63, 3.8) is 0 Å². The van der Waals surface area contributed by atoms with E-state index in [0.717, 1.165) is 30.4 Å². The normalized spacial score (nSPS) is 16.8.